The van der Waals surface area contributed by atoms with E-state index in [2.05, 4.69) is 5.32 Å². The van der Waals surface area contributed by atoms with E-state index in [1.165, 1.54) is 0 Å². The molecule has 0 unspecified atom stereocenters. The second-order valence-corrected chi connectivity index (χ2v) is 5.13. The first-order chi connectivity index (χ1) is 10.6. The number of rotatable bonds is 6. The van der Waals surface area contributed by atoms with E-state index in [0.717, 1.165) is 5.75 Å². The van der Waals surface area contributed by atoms with E-state index in [9.17, 15) is 4.79 Å². The molecule has 2 rings (SSSR count). The van der Waals surface area contributed by atoms with Gasteiger partial charge in [0.05, 0.1) is 22.3 Å². The number of benzene rings is 2. The molecule has 0 aromatic heterocycles. The molecule has 0 aliphatic carbocycles. The summed E-state index contributed by atoms with van der Waals surface area (Å²) in [6, 6.07) is 12.1. The van der Waals surface area contributed by atoms with Gasteiger partial charge in [0.1, 0.15) is 11.5 Å². The van der Waals surface area contributed by atoms with Gasteiger partial charge < -0.3 is 14.8 Å². The van der Waals surface area contributed by atoms with Crippen LogP contribution < -0.4 is 14.8 Å². The van der Waals surface area contributed by atoms with E-state index in [1.54, 1.807) is 42.5 Å². The van der Waals surface area contributed by atoms with Crippen LogP contribution in [-0.4, -0.2) is 19.1 Å². The Morgan fingerprint density at radius 3 is 2.32 bits per heavy atom. The normalized spacial score (nSPS) is 10.1. The summed E-state index contributed by atoms with van der Waals surface area (Å²) in [5.74, 6) is 1.01. The number of halogens is 2. The van der Waals surface area contributed by atoms with Crippen LogP contribution in [0.4, 0.5) is 5.69 Å². The third-order valence-electron chi connectivity index (χ3n) is 2.73. The molecule has 4 nitrogen and oxygen atoms in total. The van der Waals surface area contributed by atoms with Crippen LogP contribution in [0, 0.1) is 0 Å². The molecule has 0 bridgehead atoms. The molecule has 2 aromatic rings. The highest BCUT2D eigenvalue weighted by atomic mass is 35.5. The highest BCUT2D eigenvalue weighted by molar-refractivity contribution is 6.43. The zero-order chi connectivity index (χ0) is 15.9. The number of nitrogens with one attached hydrogen (secondary N) is 1. The third kappa shape index (κ3) is 4.55. The van der Waals surface area contributed by atoms with Crippen LogP contribution >= 0.6 is 23.2 Å². The monoisotopic (exact) mass is 339 g/mol. The van der Waals surface area contributed by atoms with Crippen molar-refractivity contribution in [2.24, 2.45) is 0 Å². The van der Waals surface area contributed by atoms with Crippen LogP contribution in [0.15, 0.2) is 42.5 Å². The summed E-state index contributed by atoms with van der Waals surface area (Å²) < 4.78 is 10.7. The summed E-state index contributed by atoms with van der Waals surface area (Å²) in [5, 5.41) is 3.33. The van der Waals surface area contributed by atoms with Crippen LogP contribution in [0.5, 0.6) is 11.5 Å². The second-order valence-electron chi connectivity index (χ2n) is 4.34. The molecule has 0 spiro atoms. The average molecular weight is 340 g/mol. The minimum atomic E-state index is -0.321. The Bertz CT molecular complexity index is 644. The smallest absolute Gasteiger partial charge is 0.262 e. The van der Waals surface area contributed by atoms with Gasteiger partial charge in [-0.3, -0.25) is 4.79 Å². The maximum absolute atomic E-state index is 11.9. The number of hydrogen-bond donors (Lipinski definition) is 1. The van der Waals surface area contributed by atoms with E-state index in [4.69, 9.17) is 32.7 Å². The lowest BCUT2D eigenvalue weighted by atomic mass is 10.3. The van der Waals surface area contributed by atoms with Crippen molar-refractivity contribution < 1.29 is 14.3 Å². The molecule has 0 radical (unpaired) electrons. The van der Waals surface area contributed by atoms with Crippen LogP contribution in [0.1, 0.15) is 6.92 Å². The molecule has 6 heteroatoms. The molecule has 1 N–H and O–H groups in total. The molecule has 116 valence electrons. The van der Waals surface area contributed by atoms with Gasteiger partial charge in [-0.15, -0.1) is 0 Å². The SMILES string of the molecule is CCOc1ccc(OCC(=O)Nc2cccc(Cl)c2Cl)cc1. The summed E-state index contributed by atoms with van der Waals surface area (Å²) in [4.78, 5) is 11.9. The van der Waals surface area contributed by atoms with Crippen molar-refractivity contribution in [1.82, 2.24) is 0 Å². The Morgan fingerprint density at radius 2 is 1.68 bits per heavy atom. The first kappa shape index (κ1) is 16.5. The molecule has 0 saturated carbocycles. The molecule has 0 aliphatic rings. The third-order valence-corrected chi connectivity index (χ3v) is 3.55. The maximum Gasteiger partial charge on any atom is 0.262 e. The Balaban J connectivity index is 1.88. The van der Waals surface area contributed by atoms with Gasteiger partial charge in [-0.2, -0.15) is 0 Å². The van der Waals surface area contributed by atoms with Crippen LogP contribution in [0.3, 0.4) is 0 Å². The van der Waals surface area contributed by atoms with Crippen molar-refractivity contribution in [3.63, 3.8) is 0 Å². The van der Waals surface area contributed by atoms with Gasteiger partial charge in [-0.1, -0.05) is 29.3 Å². The Kier molecular flexibility index (Phi) is 5.92. The second kappa shape index (κ2) is 7.92. The molecule has 0 aliphatic heterocycles. The summed E-state index contributed by atoms with van der Waals surface area (Å²) in [7, 11) is 0. The number of carbonyl (C=O) groups excluding carboxylic acids is 1. The fraction of sp³-hybridized carbons (Fsp3) is 0.188. The van der Waals surface area contributed by atoms with E-state index in [-0.39, 0.29) is 12.5 Å². The van der Waals surface area contributed by atoms with Gasteiger partial charge in [0.25, 0.3) is 5.91 Å². The molecule has 0 fully saturated rings. The zero-order valence-electron chi connectivity index (χ0n) is 11.9. The largest absolute Gasteiger partial charge is 0.494 e. The van der Waals surface area contributed by atoms with Crippen molar-refractivity contribution in [2.75, 3.05) is 18.5 Å². The highest BCUT2D eigenvalue weighted by Crippen LogP contribution is 2.29. The lowest BCUT2D eigenvalue weighted by Gasteiger charge is -2.10. The van der Waals surface area contributed by atoms with Crippen molar-refractivity contribution in [2.45, 2.75) is 6.92 Å². The van der Waals surface area contributed by atoms with E-state index in [1.807, 2.05) is 6.92 Å². The van der Waals surface area contributed by atoms with E-state index < -0.39 is 0 Å². The van der Waals surface area contributed by atoms with E-state index in [0.29, 0.717) is 28.1 Å². The number of ether oxygens (including phenoxy) is 2. The highest BCUT2D eigenvalue weighted by Gasteiger charge is 2.09. The van der Waals surface area contributed by atoms with Gasteiger partial charge in [0.2, 0.25) is 0 Å². The Hall–Kier alpha value is -1.91. The molecule has 0 saturated heterocycles. The molecule has 1 amide bonds. The van der Waals surface area contributed by atoms with Gasteiger partial charge in [-0.25, -0.2) is 0 Å². The number of hydrogen-bond acceptors (Lipinski definition) is 3. The molecular weight excluding hydrogens is 325 g/mol. The summed E-state index contributed by atoms with van der Waals surface area (Å²) in [6.07, 6.45) is 0. The first-order valence-corrected chi connectivity index (χ1v) is 7.45. The summed E-state index contributed by atoms with van der Waals surface area (Å²) in [5.41, 5.74) is 0.453. The molecule has 22 heavy (non-hydrogen) atoms. The minimum absolute atomic E-state index is 0.128. The standard InChI is InChI=1S/C16H15Cl2NO3/c1-2-21-11-6-8-12(9-7-11)22-10-15(20)19-14-5-3-4-13(17)16(14)18/h3-9H,2,10H2,1H3,(H,19,20). The number of amides is 1. The molecule has 0 atom stereocenters. The first-order valence-electron chi connectivity index (χ1n) is 6.69. The predicted molar refractivity (Wildman–Crippen MR) is 88.2 cm³/mol. The van der Waals surface area contributed by atoms with E-state index >= 15 is 0 Å². The predicted octanol–water partition coefficient (Wildman–Crippen LogP) is 4.41. The Labute approximate surface area is 138 Å². The van der Waals surface area contributed by atoms with Gasteiger partial charge in [0, 0.05) is 0 Å². The fourth-order valence-corrected chi connectivity index (χ4v) is 2.08. The lowest BCUT2D eigenvalue weighted by molar-refractivity contribution is -0.118. The number of carbonyl (C=O) groups is 1. The van der Waals surface area contributed by atoms with Crippen LogP contribution in [0.25, 0.3) is 0 Å². The summed E-state index contributed by atoms with van der Waals surface area (Å²) >= 11 is 11.9. The van der Waals surface area contributed by atoms with Gasteiger partial charge >= 0.3 is 0 Å². The maximum atomic E-state index is 11.9. The minimum Gasteiger partial charge on any atom is -0.494 e. The topological polar surface area (TPSA) is 47.6 Å². The lowest BCUT2D eigenvalue weighted by Crippen LogP contribution is -2.20. The number of anilines is 1. The van der Waals surface area contributed by atoms with Gasteiger partial charge in [0.15, 0.2) is 6.61 Å². The fourth-order valence-electron chi connectivity index (χ4n) is 1.73. The van der Waals surface area contributed by atoms with Crippen molar-refractivity contribution in [3.05, 3.63) is 52.5 Å². The zero-order valence-corrected chi connectivity index (χ0v) is 13.4. The summed E-state index contributed by atoms with van der Waals surface area (Å²) in [6.45, 7) is 2.38. The van der Waals surface area contributed by atoms with Crippen LogP contribution in [0.2, 0.25) is 10.0 Å². The average Bonchev–Trinajstić information content (AvgIpc) is 2.51. The molecule has 0 heterocycles. The van der Waals surface area contributed by atoms with Crippen molar-refractivity contribution >= 4 is 34.8 Å². The molecular formula is C16H15Cl2NO3. The van der Waals surface area contributed by atoms with Gasteiger partial charge in [-0.05, 0) is 43.3 Å². The quantitative estimate of drug-likeness (QED) is 0.847. The van der Waals surface area contributed by atoms with Crippen LogP contribution in [-0.2, 0) is 4.79 Å². The molecule has 2 aromatic carbocycles. The van der Waals surface area contributed by atoms with Crippen molar-refractivity contribution in [1.29, 1.82) is 0 Å². The Morgan fingerprint density at radius 1 is 1.05 bits per heavy atom. The van der Waals surface area contributed by atoms with Crippen molar-refractivity contribution in [3.8, 4) is 11.5 Å².